The number of nitrogens with zero attached hydrogens (tertiary/aromatic N) is 1. The van der Waals surface area contributed by atoms with Crippen molar-refractivity contribution in [2.75, 3.05) is 0 Å². The van der Waals surface area contributed by atoms with Gasteiger partial charge in [0.15, 0.2) is 0 Å². The molecular weight excluding hydrogens is 288 g/mol. The van der Waals surface area contributed by atoms with E-state index in [4.69, 9.17) is 22.1 Å². The number of hydrogen-bond acceptors (Lipinski definition) is 3. The van der Waals surface area contributed by atoms with Crippen molar-refractivity contribution in [3.05, 3.63) is 52.7 Å². The Hall–Kier alpha value is -2.07. The standard InChI is InChI=1S/C16H15ClN2O2/c1-16(6-7-16)11-3-4-13(12(17)8-11)21-14-5-2-10(9-19-14)15(18)20/h2-5,8-9H,6-7H2,1H3,(H2,18,20). The van der Waals surface area contributed by atoms with Crippen LogP contribution in [-0.4, -0.2) is 10.9 Å². The Morgan fingerprint density at radius 1 is 1.33 bits per heavy atom. The molecule has 1 aromatic heterocycles. The third-order valence-corrected chi connectivity index (χ3v) is 4.16. The summed E-state index contributed by atoms with van der Waals surface area (Å²) in [4.78, 5) is 15.0. The molecule has 0 atom stereocenters. The van der Waals surface area contributed by atoms with E-state index in [2.05, 4.69) is 11.9 Å². The molecular formula is C16H15ClN2O2. The maximum Gasteiger partial charge on any atom is 0.250 e. The first-order valence-corrected chi connectivity index (χ1v) is 7.09. The van der Waals surface area contributed by atoms with Gasteiger partial charge in [0.05, 0.1) is 10.6 Å². The minimum atomic E-state index is -0.519. The van der Waals surface area contributed by atoms with Crippen LogP contribution in [-0.2, 0) is 5.41 Å². The molecule has 0 spiro atoms. The van der Waals surface area contributed by atoms with Crippen molar-refractivity contribution in [2.45, 2.75) is 25.2 Å². The van der Waals surface area contributed by atoms with E-state index in [1.54, 1.807) is 12.1 Å². The Morgan fingerprint density at radius 3 is 2.62 bits per heavy atom. The fraction of sp³-hybridized carbons (Fsp3) is 0.250. The van der Waals surface area contributed by atoms with Gasteiger partial charge in [-0.25, -0.2) is 4.98 Å². The van der Waals surface area contributed by atoms with Crippen LogP contribution in [0, 0.1) is 0 Å². The number of amides is 1. The zero-order chi connectivity index (χ0) is 15.0. The summed E-state index contributed by atoms with van der Waals surface area (Å²) in [7, 11) is 0. The highest BCUT2D eigenvalue weighted by Gasteiger charge is 2.39. The lowest BCUT2D eigenvalue weighted by molar-refractivity contribution is 0.1000. The van der Waals surface area contributed by atoms with E-state index < -0.39 is 5.91 Å². The second kappa shape index (κ2) is 5.04. The number of halogens is 1. The van der Waals surface area contributed by atoms with Gasteiger partial charge in [-0.2, -0.15) is 0 Å². The van der Waals surface area contributed by atoms with Gasteiger partial charge in [0.2, 0.25) is 11.8 Å². The van der Waals surface area contributed by atoms with E-state index in [0.29, 0.717) is 22.2 Å². The van der Waals surface area contributed by atoms with Crippen molar-refractivity contribution >= 4 is 17.5 Å². The number of carbonyl (C=O) groups is 1. The first kappa shape index (κ1) is 13.9. The third-order valence-electron chi connectivity index (χ3n) is 3.86. The fourth-order valence-electron chi connectivity index (χ4n) is 2.13. The van der Waals surface area contributed by atoms with E-state index in [1.807, 2.05) is 18.2 Å². The van der Waals surface area contributed by atoms with E-state index >= 15 is 0 Å². The molecule has 3 rings (SSSR count). The van der Waals surface area contributed by atoms with Crippen molar-refractivity contribution in [1.82, 2.24) is 4.98 Å². The highest BCUT2D eigenvalue weighted by atomic mass is 35.5. The highest BCUT2D eigenvalue weighted by molar-refractivity contribution is 6.32. The van der Waals surface area contributed by atoms with Gasteiger partial charge in [0.1, 0.15) is 5.75 Å². The summed E-state index contributed by atoms with van der Waals surface area (Å²) in [5, 5.41) is 0.557. The molecule has 2 N–H and O–H groups in total. The van der Waals surface area contributed by atoms with Gasteiger partial charge in [-0.15, -0.1) is 0 Å². The van der Waals surface area contributed by atoms with Crippen LogP contribution in [0.5, 0.6) is 11.6 Å². The molecule has 0 unspecified atom stereocenters. The van der Waals surface area contributed by atoms with Crippen LogP contribution in [0.4, 0.5) is 0 Å². The van der Waals surface area contributed by atoms with Gasteiger partial charge in [-0.3, -0.25) is 4.79 Å². The molecule has 1 aliphatic carbocycles. The number of nitrogens with two attached hydrogens (primary N) is 1. The van der Waals surface area contributed by atoms with Gasteiger partial charge >= 0.3 is 0 Å². The van der Waals surface area contributed by atoms with Gasteiger partial charge in [0, 0.05) is 12.3 Å². The minimum Gasteiger partial charge on any atom is -0.437 e. The van der Waals surface area contributed by atoms with E-state index in [9.17, 15) is 4.79 Å². The van der Waals surface area contributed by atoms with Gasteiger partial charge in [-0.1, -0.05) is 24.6 Å². The normalized spacial score (nSPS) is 15.5. The molecule has 0 radical (unpaired) electrons. The lowest BCUT2D eigenvalue weighted by atomic mass is 9.98. The van der Waals surface area contributed by atoms with Crippen molar-refractivity contribution in [3.63, 3.8) is 0 Å². The molecule has 0 aliphatic heterocycles. The van der Waals surface area contributed by atoms with Gasteiger partial charge in [-0.05, 0) is 42.0 Å². The number of benzene rings is 1. The number of rotatable bonds is 4. The van der Waals surface area contributed by atoms with Crippen LogP contribution in [0.1, 0.15) is 35.7 Å². The van der Waals surface area contributed by atoms with Gasteiger partial charge < -0.3 is 10.5 Å². The summed E-state index contributed by atoms with van der Waals surface area (Å²) in [5.41, 5.74) is 7.00. The van der Waals surface area contributed by atoms with E-state index in [-0.39, 0.29) is 5.41 Å². The first-order chi connectivity index (χ1) is 9.98. The van der Waals surface area contributed by atoms with Crippen LogP contribution in [0.2, 0.25) is 5.02 Å². The molecule has 1 heterocycles. The van der Waals surface area contributed by atoms with Crippen LogP contribution in [0.15, 0.2) is 36.5 Å². The predicted octanol–water partition coefficient (Wildman–Crippen LogP) is 3.68. The van der Waals surface area contributed by atoms with Gasteiger partial charge in [0.25, 0.3) is 0 Å². The van der Waals surface area contributed by atoms with Crippen LogP contribution < -0.4 is 10.5 Å². The van der Waals surface area contributed by atoms with E-state index in [0.717, 1.165) is 0 Å². The summed E-state index contributed by atoms with van der Waals surface area (Å²) in [5.74, 6) is 0.394. The minimum absolute atomic E-state index is 0.267. The smallest absolute Gasteiger partial charge is 0.250 e. The Bertz CT molecular complexity index is 694. The zero-order valence-electron chi connectivity index (χ0n) is 11.6. The second-order valence-electron chi connectivity index (χ2n) is 5.56. The molecule has 1 saturated carbocycles. The summed E-state index contributed by atoms with van der Waals surface area (Å²) in [6.07, 6.45) is 3.77. The molecule has 21 heavy (non-hydrogen) atoms. The summed E-state index contributed by atoms with van der Waals surface area (Å²) in [6, 6.07) is 8.99. The van der Waals surface area contributed by atoms with Crippen LogP contribution in [0.3, 0.4) is 0 Å². The number of ether oxygens (including phenoxy) is 1. The maximum absolute atomic E-state index is 11.0. The maximum atomic E-state index is 11.0. The van der Waals surface area contributed by atoms with Crippen molar-refractivity contribution in [1.29, 1.82) is 0 Å². The van der Waals surface area contributed by atoms with Crippen LogP contribution in [0.25, 0.3) is 0 Å². The number of aromatic nitrogens is 1. The summed E-state index contributed by atoms with van der Waals surface area (Å²) in [6.45, 7) is 2.23. The third kappa shape index (κ3) is 2.85. The average Bonchev–Trinajstić information content (AvgIpc) is 3.21. The first-order valence-electron chi connectivity index (χ1n) is 6.72. The Kier molecular flexibility index (Phi) is 3.33. The Morgan fingerprint density at radius 2 is 2.10 bits per heavy atom. The molecule has 1 amide bonds. The summed E-state index contributed by atoms with van der Waals surface area (Å²) < 4.78 is 5.64. The SMILES string of the molecule is CC1(c2ccc(Oc3ccc(C(N)=O)cn3)c(Cl)c2)CC1. The Balaban J connectivity index is 1.79. The quantitative estimate of drug-likeness (QED) is 0.937. The Labute approximate surface area is 127 Å². The molecule has 0 saturated heterocycles. The van der Waals surface area contributed by atoms with Crippen LogP contribution >= 0.6 is 11.6 Å². The number of carbonyl (C=O) groups excluding carboxylic acids is 1. The number of hydrogen-bond donors (Lipinski definition) is 1. The monoisotopic (exact) mass is 302 g/mol. The molecule has 4 nitrogen and oxygen atoms in total. The lowest BCUT2D eigenvalue weighted by Gasteiger charge is -2.12. The van der Waals surface area contributed by atoms with Crippen molar-refractivity contribution < 1.29 is 9.53 Å². The topological polar surface area (TPSA) is 65.2 Å². The van der Waals surface area contributed by atoms with Crippen molar-refractivity contribution in [2.24, 2.45) is 5.73 Å². The second-order valence-corrected chi connectivity index (χ2v) is 5.96. The average molecular weight is 303 g/mol. The fourth-order valence-corrected chi connectivity index (χ4v) is 2.35. The lowest BCUT2D eigenvalue weighted by Crippen LogP contribution is -2.10. The molecule has 5 heteroatoms. The molecule has 0 bridgehead atoms. The summed E-state index contributed by atoms with van der Waals surface area (Å²) >= 11 is 6.27. The zero-order valence-corrected chi connectivity index (χ0v) is 12.4. The molecule has 1 aromatic carbocycles. The number of pyridine rings is 1. The molecule has 2 aromatic rings. The van der Waals surface area contributed by atoms with Crippen molar-refractivity contribution in [3.8, 4) is 11.6 Å². The van der Waals surface area contributed by atoms with E-state index in [1.165, 1.54) is 24.6 Å². The molecule has 1 aliphatic rings. The largest absolute Gasteiger partial charge is 0.437 e. The molecule has 1 fully saturated rings. The predicted molar refractivity (Wildman–Crippen MR) is 80.9 cm³/mol. The number of primary amides is 1. The molecule has 108 valence electrons. The highest BCUT2D eigenvalue weighted by Crippen LogP contribution is 2.48.